The summed E-state index contributed by atoms with van der Waals surface area (Å²) < 4.78 is 0.844. The minimum Gasteiger partial charge on any atom is -0.478 e. The van der Waals surface area contributed by atoms with Crippen molar-refractivity contribution in [2.45, 2.75) is 6.92 Å². The molecular formula is C9H20NO3+. The van der Waals surface area contributed by atoms with Crippen molar-refractivity contribution < 1.29 is 19.5 Å². The molecule has 0 saturated heterocycles. The summed E-state index contributed by atoms with van der Waals surface area (Å²) in [6.45, 7) is 5.72. The van der Waals surface area contributed by atoms with E-state index in [9.17, 15) is 4.79 Å². The zero-order valence-electron chi connectivity index (χ0n) is 8.87. The molecule has 4 heteroatoms. The molecule has 0 atom stereocenters. The van der Waals surface area contributed by atoms with Gasteiger partial charge in [-0.15, -0.1) is 0 Å². The number of aliphatic carboxylic acids is 1. The van der Waals surface area contributed by atoms with Gasteiger partial charge >= 0.3 is 5.97 Å². The van der Waals surface area contributed by atoms with Crippen LogP contribution in [0.4, 0.5) is 0 Å². The lowest BCUT2D eigenvalue weighted by Crippen LogP contribution is -2.36. The van der Waals surface area contributed by atoms with Crippen LogP contribution in [0.25, 0.3) is 0 Å². The van der Waals surface area contributed by atoms with Crippen LogP contribution in [0.15, 0.2) is 12.2 Å². The van der Waals surface area contributed by atoms with Gasteiger partial charge in [-0.05, 0) is 6.92 Å². The normalized spacial score (nSPS) is 9.92. The SMILES string of the molecule is C=C(C)C(=O)O.C[N+](C)(C)CCO. The Morgan fingerprint density at radius 2 is 1.69 bits per heavy atom. The minimum atomic E-state index is -0.935. The fourth-order valence-electron chi connectivity index (χ4n) is 0.300. The predicted octanol–water partition coefficient (Wildman–Crippen LogP) is 0.332. The van der Waals surface area contributed by atoms with E-state index in [0.717, 1.165) is 11.0 Å². The minimum absolute atomic E-state index is 0.176. The van der Waals surface area contributed by atoms with Crippen LogP contribution in [0.2, 0.25) is 0 Å². The van der Waals surface area contributed by atoms with E-state index in [1.165, 1.54) is 6.92 Å². The van der Waals surface area contributed by atoms with Gasteiger partial charge in [0.05, 0.1) is 27.7 Å². The molecule has 4 nitrogen and oxygen atoms in total. The summed E-state index contributed by atoms with van der Waals surface area (Å²) in [7, 11) is 6.16. The molecule has 0 heterocycles. The molecule has 13 heavy (non-hydrogen) atoms. The Hall–Kier alpha value is -0.870. The maximum absolute atomic E-state index is 9.60. The van der Waals surface area contributed by atoms with E-state index in [4.69, 9.17) is 10.2 Å². The first-order valence-electron chi connectivity index (χ1n) is 4.01. The topological polar surface area (TPSA) is 57.5 Å². The highest BCUT2D eigenvalue weighted by atomic mass is 16.4. The number of nitrogens with zero attached hydrogens (tertiary/aromatic N) is 1. The van der Waals surface area contributed by atoms with Gasteiger partial charge in [0.25, 0.3) is 0 Å². The highest BCUT2D eigenvalue weighted by molar-refractivity contribution is 5.84. The van der Waals surface area contributed by atoms with Gasteiger partial charge in [0.2, 0.25) is 0 Å². The van der Waals surface area contributed by atoms with Gasteiger partial charge in [-0.25, -0.2) is 4.79 Å². The van der Waals surface area contributed by atoms with Crippen LogP contribution >= 0.6 is 0 Å². The Morgan fingerprint density at radius 3 is 1.69 bits per heavy atom. The van der Waals surface area contributed by atoms with Crippen LogP contribution < -0.4 is 0 Å². The summed E-state index contributed by atoms with van der Waals surface area (Å²) in [5.74, 6) is -0.935. The van der Waals surface area contributed by atoms with Gasteiger partial charge in [-0.3, -0.25) is 0 Å². The lowest BCUT2D eigenvalue weighted by atomic mass is 10.4. The van der Waals surface area contributed by atoms with Crippen molar-refractivity contribution in [3.8, 4) is 0 Å². The quantitative estimate of drug-likeness (QED) is 0.498. The Bertz CT molecular complexity index is 158. The average Bonchev–Trinajstić information content (AvgIpc) is 1.85. The Balaban J connectivity index is 0. The fraction of sp³-hybridized carbons (Fsp3) is 0.667. The van der Waals surface area contributed by atoms with E-state index >= 15 is 0 Å². The highest BCUT2D eigenvalue weighted by Crippen LogP contribution is 1.84. The molecule has 0 aliphatic rings. The maximum Gasteiger partial charge on any atom is 0.330 e. The summed E-state index contributed by atoms with van der Waals surface area (Å²) >= 11 is 0. The number of rotatable bonds is 3. The van der Waals surface area contributed by atoms with Gasteiger partial charge in [-0.1, -0.05) is 6.58 Å². The van der Waals surface area contributed by atoms with Crippen molar-refractivity contribution in [3.05, 3.63) is 12.2 Å². The van der Waals surface area contributed by atoms with Crippen LogP contribution in [0.1, 0.15) is 6.92 Å². The van der Waals surface area contributed by atoms with Crippen molar-refractivity contribution >= 4 is 5.97 Å². The van der Waals surface area contributed by atoms with Crippen LogP contribution in [0.3, 0.4) is 0 Å². The van der Waals surface area contributed by atoms with Gasteiger partial charge in [0.1, 0.15) is 6.54 Å². The molecule has 0 aromatic heterocycles. The largest absolute Gasteiger partial charge is 0.478 e. The summed E-state index contributed by atoms with van der Waals surface area (Å²) in [5.41, 5.74) is 0.176. The number of likely N-dealkylation sites (N-methyl/N-ethyl adjacent to an activating group) is 1. The molecule has 0 amide bonds. The van der Waals surface area contributed by atoms with Crippen molar-refractivity contribution in [2.75, 3.05) is 34.3 Å². The second-order valence-electron chi connectivity index (χ2n) is 3.82. The van der Waals surface area contributed by atoms with Gasteiger partial charge in [-0.2, -0.15) is 0 Å². The molecule has 0 aromatic carbocycles. The van der Waals surface area contributed by atoms with Crippen molar-refractivity contribution in [2.24, 2.45) is 0 Å². The standard InChI is InChI=1S/C5H14NO.C4H6O2/c1-6(2,3)4-5-7;1-3(2)4(5)6/h7H,4-5H2,1-3H3;1H2,2H3,(H,5,6)/q+1;. The van der Waals surface area contributed by atoms with E-state index in [-0.39, 0.29) is 12.2 Å². The number of carbonyl (C=O) groups is 1. The number of quaternary nitrogens is 1. The molecular weight excluding hydrogens is 170 g/mol. The smallest absolute Gasteiger partial charge is 0.330 e. The third-order valence-corrected chi connectivity index (χ3v) is 1.14. The highest BCUT2D eigenvalue weighted by Gasteiger charge is 2.02. The lowest BCUT2D eigenvalue weighted by Gasteiger charge is -2.21. The number of carboxylic acids is 1. The molecule has 0 unspecified atom stereocenters. The lowest BCUT2D eigenvalue weighted by molar-refractivity contribution is -0.870. The number of hydrogen-bond acceptors (Lipinski definition) is 2. The summed E-state index contributed by atoms with van der Waals surface area (Å²) in [6.07, 6.45) is 0. The van der Waals surface area contributed by atoms with E-state index in [2.05, 4.69) is 27.7 Å². The molecule has 0 aromatic rings. The van der Waals surface area contributed by atoms with Crippen LogP contribution in [-0.4, -0.2) is 55.0 Å². The second-order valence-corrected chi connectivity index (χ2v) is 3.82. The van der Waals surface area contributed by atoms with Crippen molar-refractivity contribution in [1.29, 1.82) is 0 Å². The monoisotopic (exact) mass is 190 g/mol. The number of hydrogen-bond donors (Lipinski definition) is 2. The molecule has 78 valence electrons. The Morgan fingerprint density at radius 1 is 1.38 bits per heavy atom. The van der Waals surface area contributed by atoms with Crippen LogP contribution in [-0.2, 0) is 4.79 Å². The number of carboxylic acid groups (broad SMARTS) is 1. The average molecular weight is 190 g/mol. The van der Waals surface area contributed by atoms with Gasteiger partial charge in [0, 0.05) is 5.57 Å². The van der Waals surface area contributed by atoms with Crippen molar-refractivity contribution in [1.82, 2.24) is 0 Å². The first-order chi connectivity index (χ1) is 5.70. The fourth-order valence-corrected chi connectivity index (χ4v) is 0.300. The van der Waals surface area contributed by atoms with E-state index < -0.39 is 5.97 Å². The predicted molar refractivity (Wildman–Crippen MR) is 52.4 cm³/mol. The number of aliphatic hydroxyl groups excluding tert-OH is 1. The maximum atomic E-state index is 9.60. The Labute approximate surface area is 79.7 Å². The zero-order chi connectivity index (χ0) is 11.1. The van der Waals surface area contributed by atoms with E-state index in [0.29, 0.717) is 0 Å². The molecule has 0 aliphatic carbocycles. The van der Waals surface area contributed by atoms with Crippen LogP contribution in [0.5, 0.6) is 0 Å². The molecule has 0 aliphatic heterocycles. The van der Waals surface area contributed by atoms with Crippen LogP contribution in [0, 0.1) is 0 Å². The molecule has 0 fully saturated rings. The Kier molecular flexibility index (Phi) is 7.46. The number of aliphatic hydroxyl groups is 1. The summed E-state index contributed by atoms with van der Waals surface area (Å²) in [5, 5.41) is 16.3. The summed E-state index contributed by atoms with van der Waals surface area (Å²) in [4.78, 5) is 9.60. The first kappa shape index (κ1) is 14.6. The first-order valence-corrected chi connectivity index (χ1v) is 4.01. The molecule has 2 N–H and O–H groups in total. The van der Waals surface area contributed by atoms with Gasteiger partial charge in [0.15, 0.2) is 0 Å². The van der Waals surface area contributed by atoms with Crippen molar-refractivity contribution in [3.63, 3.8) is 0 Å². The summed E-state index contributed by atoms with van der Waals surface area (Å²) in [6, 6.07) is 0. The van der Waals surface area contributed by atoms with Gasteiger partial charge < -0.3 is 14.7 Å². The molecule has 0 saturated carbocycles. The molecule has 0 bridgehead atoms. The van der Waals surface area contributed by atoms with E-state index in [1.807, 2.05) is 0 Å². The zero-order valence-corrected chi connectivity index (χ0v) is 8.87. The molecule has 0 spiro atoms. The molecule has 0 radical (unpaired) electrons. The third-order valence-electron chi connectivity index (χ3n) is 1.14. The molecule has 0 rings (SSSR count). The third kappa shape index (κ3) is 18.2. The second kappa shape index (κ2) is 6.62. The van der Waals surface area contributed by atoms with E-state index in [1.54, 1.807) is 0 Å².